The summed E-state index contributed by atoms with van der Waals surface area (Å²) in [5, 5.41) is 12.8. The first-order chi connectivity index (χ1) is 20.5. The maximum atomic E-state index is 15.5. The average molecular weight is 643 g/mol. The van der Waals surface area contributed by atoms with Crippen LogP contribution in [0.4, 0.5) is 23.2 Å². The van der Waals surface area contributed by atoms with Gasteiger partial charge in [0.05, 0.1) is 16.1 Å². The van der Waals surface area contributed by atoms with Gasteiger partial charge in [0.2, 0.25) is 6.43 Å². The Balaban J connectivity index is 1.51. The number of nitrogens with zero attached hydrogens (tertiary/aromatic N) is 2. The van der Waals surface area contributed by atoms with Crippen LogP contribution in [0.3, 0.4) is 0 Å². The number of amides is 1. The largest absolute Gasteiger partial charge is 0.378 e. The third-order valence-electron chi connectivity index (χ3n) is 7.94. The Kier molecular flexibility index (Phi) is 11.0. The molecule has 0 unspecified atom stereocenters. The number of halogens is 4. The number of anilines is 1. The van der Waals surface area contributed by atoms with Crippen LogP contribution in [0, 0.1) is 28.9 Å². The van der Waals surface area contributed by atoms with Gasteiger partial charge in [-0.25, -0.2) is 30.7 Å². The molecule has 1 aliphatic carbocycles. The molecule has 43 heavy (non-hydrogen) atoms. The van der Waals surface area contributed by atoms with Gasteiger partial charge in [-0.1, -0.05) is 19.3 Å². The predicted octanol–water partition coefficient (Wildman–Crippen LogP) is 5.15. The van der Waals surface area contributed by atoms with E-state index in [4.69, 9.17) is 4.74 Å². The fourth-order valence-electron chi connectivity index (χ4n) is 5.31. The summed E-state index contributed by atoms with van der Waals surface area (Å²) in [6, 6.07) is 8.91. The molecule has 2 aliphatic rings. The summed E-state index contributed by atoms with van der Waals surface area (Å²) in [5.74, 6) is -2.57. The summed E-state index contributed by atoms with van der Waals surface area (Å²) in [4.78, 5) is 15.0. The highest BCUT2D eigenvalue weighted by Gasteiger charge is 2.42. The highest BCUT2D eigenvalue weighted by molar-refractivity contribution is 7.99. The van der Waals surface area contributed by atoms with Gasteiger partial charge in [0.15, 0.2) is 0 Å². The Morgan fingerprint density at radius 2 is 1.84 bits per heavy atom. The lowest BCUT2D eigenvalue weighted by atomic mass is 9.84. The van der Waals surface area contributed by atoms with Crippen molar-refractivity contribution in [3.8, 4) is 6.07 Å². The topological polar surface area (TPSA) is 112 Å². The van der Waals surface area contributed by atoms with Crippen molar-refractivity contribution in [1.29, 1.82) is 5.26 Å². The first-order valence-electron chi connectivity index (χ1n) is 14.0. The lowest BCUT2D eigenvalue weighted by Gasteiger charge is -2.39. The number of sulfonamides is 1. The molecule has 14 heteroatoms. The maximum Gasteiger partial charge on any atom is 0.265 e. The molecule has 0 radical (unpaired) electrons. The normalized spacial score (nSPS) is 18.1. The second-order valence-electron chi connectivity index (χ2n) is 10.9. The van der Waals surface area contributed by atoms with Crippen molar-refractivity contribution < 1.29 is 35.5 Å². The van der Waals surface area contributed by atoms with E-state index in [1.54, 1.807) is 12.1 Å². The first-order valence-corrected chi connectivity index (χ1v) is 16.4. The van der Waals surface area contributed by atoms with Gasteiger partial charge in [0, 0.05) is 49.4 Å². The van der Waals surface area contributed by atoms with Crippen LogP contribution in [0.5, 0.6) is 0 Å². The number of benzene rings is 2. The molecule has 2 fully saturated rings. The van der Waals surface area contributed by atoms with Gasteiger partial charge in [-0.3, -0.25) is 4.79 Å². The lowest BCUT2D eigenvalue weighted by Crippen LogP contribution is -2.51. The van der Waals surface area contributed by atoms with Crippen molar-refractivity contribution in [1.82, 2.24) is 9.62 Å². The molecule has 2 aromatic carbocycles. The van der Waals surface area contributed by atoms with Crippen molar-refractivity contribution >= 4 is 33.4 Å². The molecular weight excluding hydrogens is 608 g/mol. The van der Waals surface area contributed by atoms with Gasteiger partial charge >= 0.3 is 0 Å². The van der Waals surface area contributed by atoms with E-state index in [-0.39, 0.29) is 24.3 Å². The number of nitriles is 1. The number of nitrogens with one attached hydrogen (secondary N) is 2. The molecule has 2 aromatic rings. The minimum absolute atomic E-state index is 0.216. The van der Waals surface area contributed by atoms with Crippen LogP contribution in [0.15, 0.2) is 46.2 Å². The van der Waals surface area contributed by atoms with E-state index in [9.17, 15) is 31.6 Å². The Hall–Kier alpha value is -2.86. The van der Waals surface area contributed by atoms with Crippen molar-refractivity contribution in [2.24, 2.45) is 5.92 Å². The van der Waals surface area contributed by atoms with Gasteiger partial charge in [0.1, 0.15) is 23.3 Å². The van der Waals surface area contributed by atoms with E-state index >= 15 is 4.39 Å². The zero-order valence-corrected chi connectivity index (χ0v) is 25.3. The van der Waals surface area contributed by atoms with Crippen molar-refractivity contribution in [3.63, 3.8) is 0 Å². The molecule has 8 nitrogen and oxygen atoms in total. The number of alkyl halides is 2. The summed E-state index contributed by atoms with van der Waals surface area (Å²) in [5.41, 5.74) is -1.80. The standard InChI is InChI=1S/C29H34F4N4O4S2/c1-41-29(10-3-2-4-11-29)28(38)36-43(39,40)24-13-19(15-34)26(25(31)14-24)35-22(9-12-37-16-20(17-37)27(32)33)18-42-23-7-5-21(30)6-8-23/h5-8,13-14,20,22,27,35H,2-4,9-12,16-18H2,1H3,(H,36,38)/t22-/m1/s1. The third kappa shape index (κ3) is 8.20. The Morgan fingerprint density at radius 1 is 1.16 bits per heavy atom. The van der Waals surface area contributed by atoms with E-state index in [2.05, 4.69) is 5.32 Å². The SMILES string of the molecule is COC1(C(=O)NS(=O)(=O)c2cc(F)c(N[C@H](CCN3CC(C(F)F)C3)CSc3ccc(F)cc3)c(C#N)c2)CCCCC1. The molecule has 2 N–H and O–H groups in total. The van der Waals surface area contributed by atoms with E-state index in [1.807, 2.05) is 15.7 Å². The van der Waals surface area contributed by atoms with Crippen LogP contribution in [0.25, 0.3) is 0 Å². The second-order valence-corrected chi connectivity index (χ2v) is 13.7. The minimum Gasteiger partial charge on any atom is -0.378 e. The summed E-state index contributed by atoms with van der Waals surface area (Å²) in [6.07, 6.45) is 0.998. The van der Waals surface area contributed by atoms with Crippen molar-refractivity contribution in [3.05, 3.63) is 53.6 Å². The first kappa shape index (κ1) is 33.0. The number of methoxy groups -OCH3 is 1. The van der Waals surface area contributed by atoms with Crippen LogP contribution in [-0.2, 0) is 19.6 Å². The zero-order chi connectivity index (χ0) is 31.2. The van der Waals surface area contributed by atoms with Crippen LogP contribution in [0.2, 0.25) is 0 Å². The van der Waals surface area contributed by atoms with E-state index < -0.39 is 56.4 Å². The molecule has 1 saturated carbocycles. The number of carbonyl (C=O) groups is 1. The van der Waals surface area contributed by atoms with Crippen LogP contribution >= 0.6 is 11.8 Å². The summed E-state index contributed by atoms with van der Waals surface area (Å²) in [6.45, 7) is 0.931. The molecule has 0 aromatic heterocycles. The Morgan fingerprint density at radius 3 is 2.44 bits per heavy atom. The molecule has 4 rings (SSSR count). The third-order valence-corrected chi connectivity index (χ3v) is 10.4. The zero-order valence-electron chi connectivity index (χ0n) is 23.6. The Bertz CT molecular complexity index is 1430. The lowest BCUT2D eigenvalue weighted by molar-refractivity contribution is -0.145. The van der Waals surface area contributed by atoms with Gasteiger partial charge in [-0.15, -0.1) is 11.8 Å². The molecule has 1 amide bonds. The van der Waals surface area contributed by atoms with E-state index in [0.29, 0.717) is 44.4 Å². The molecule has 234 valence electrons. The van der Waals surface area contributed by atoms with E-state index in [0.717, 1.165) is 23.4 Å². The molecule has 0 spiro atoms. The minimum atomic E-state index is -4.54. The number of likely N-dealkylation sites (tertiary alicyclic amines) is 1. The second kappa shape index (κ2) is 14.3. The number of ether oxygens (including phenoxy) is 1. The molecule has 1 aliphatic heterocycles. The monoisotopic (exact) mass is 642 g/mol. The molecule has 1 heterocycles. The summed E-state index contributed by atoms with van der Waals surface area (Å²) >= 11 is 1.36. The van der Waals surface area contributed by atoms with Crippen molar-refractivity contribution in [2.45, 2.75) is 66.4 Å². The predicted molar refractivity (Wildman–Crippen MR) is 154 cm³/mol. The van der Waals surface area contributed by atoms with Gasteiger partial charge < -0.3 is 15.0 Å². The molecule has 0 bridgehead atoms. The number of rotatable bonds is 13. The highest BCUT2D eigenvalue weighted by Crippen LogP contribution is 2.33. The van der Waals surface area contributed by atoms with Crippen LogP contribution in [0.1, 0.15) is 44.1 Å². The quantitative estimate of drug-likeness (QED) is 0.228. The fourth-order valence-corrected chi connectivity index (χ4v) is 7.36. The maximum absolute atomic E-state index is 15.5. The van der Waals surface area contributed by atoms with E-state index in [1.165, 1.54) is 31.0 Å². The number of hydrogen-bond donors (Lipinski definition) is 2. The number of thioether (sulfide) groups is 1. The van der Waals surface area contributed by atoms with Gasteiger partial charge in [-0.2, -0.15) is 5.26 Å². The fraction of sp³-hybridized carbons (Fsp3) is 0.517. The smallest absolute Gasteiger partial charge is 0.265 e. The van der Waals surface area contributed by atoms with Gasteiger partial charge in [0.25, 0.3) is 15.9 Å². The van der Waals surface area contributed by atoms with Crippen LogP contribution < -0.4 is 10.0 Å². The van der Waals surface area contributed by atoms with Crippen molar-refractivity contribution in [2.75, 3.05) is 37.8 Å². The highest BCUT2D eigenvalue weighted by atomic mass is 32.2. The van der Waals surface area contributed by atoms with Crippen LogP contribution in [-0.4, -0.2) is 69.8 Å². The molecular formula is C29H34F4N4O4S2. The number of hydrogen-bond acceptors (Lipinski definition) is 8. The molecule has 1 saturated heterocycles. The average Bonchev–Trinajstić information content (AvgIpc) is 2.96. The summed E-state index contributed by atoms with van der Waals surface area (Å²) in [7, 11) is -3.20. The molecule has 1 atom stereocenters. The summed E-state index contributed by atoms with van der Waals surface area (Å²) < 4.78 is 88.2. The Labute approximate surface area is 253 Å². The van der Waals surface area contributed by atoms with Gasteiger partial charge in [-0.05, 0) is 55.7 Å². The number of carbonyl (C=O) groups excluding carboxylic acids is 1.